The lowest BCUT2D eigenvalue weighted by Crippen LogP contribution is -2.07. The van der Waals surface area contributed by atoms with E-state index in [4.69, 9.17) is 4.42 Å². The van der Waals surface area contributed by atoms with Crippen LogP contribution in [0.3, 0.4) is 0 Å². The maximum atomic E-state index is 11.7. The van der Waals surface area contributed by atoms with Crippen molar-refractivity contribution >= 4 is 29.3 Å². The number of anilines is 1. The predicted octanol–water partition coefficient (Wildman–Crippen LogP) is 3.45. The number of nitrogens with zero attached hydrogens (tertiary/aromatic N) is 2. The second-order valence-corrected chi connectivity index (χ2v) is 5.10. The van der Waals surface area contributed by atoms with E-state index in [-0.39, 0.29) is 11.9 Å². The smallest absolute Gasteiger partial charge is 0.322 e. The summed E-state index contributed by atoms with van der Waals surface area (Å²) in [5, 5.41) is 12.2. The number of carbonyl (C=O) groups is 1. The highest BCUT2D eigenvalue weighted by Crippen LogP contribution is 2.19. The van der Waals surface area contributed by atoms with Crippen LogP contribution >= 0.6 is 11.3 Å². The van der Waals surface area contributed by atoms with Crippen LogP contribution in [0.4, 0.5) is 6.01 Å². The molecule has 0 spiro atoms. The molecule has 0 aliphatic heterocycles. The number of rotatable bonds is 4. The summed E-state index contributed by atoms with van der Waals surface area (Å²) in [7, 11) is 0. The highest BCUT2D eigenvalue weighted by atomic mass is 32.1. The Hall–Kier alpha value is -2.73. The van der Waals surface area contributed by atoms with Crippen LogP contribution < -0.4 is 5.32 Å². The summed E-state index contributed by atoms with van der Waals surface area (Å²) in [6.45, 7) is 0. The molecule has 104 valence electrons. The van der Waals surface area contributed by atoms with Crippen LogP contribution in [0.15, 0.2) is 58.3 Å². The monoisotopic (exact) mass is 297 g/mol. The molecule has 0 unspecified atom stereocenters. The van der Waals surface area contributed by atoms with E-state index in [1.807, 2.05) is 47.8 Å². The maximum absolute atomic E-state index is 11.7. The van der Waals surface area contributed by atoms with Crippen LogP contribution in [0.2, 0.25) is 0 Å². The van der Waals surface area contributed by atoms with Gasteiger partial charge in [0, 0.05) is 16.5 Å². The minimum Gasteiger partial charge on any atom is -0.403 e. The van der Waals surface area contributed by atoms with E-state index in [1.165, 1.54) is 6.08 Å². The normalized spacial score (nSPS) is 10.9. The van der Waals surface area contributed by atoms with Crippen molar-refractivity contribution in [2.45, 2.75) is 0 Å². The molecule has 0 saturated carbocycles. The fraction of sp³-hybridized carbons (Fsp3) is 0. The molecule has 0 bridgehead atoms. The summed E-state index contributed by atoms with van der Waals surface area (Å²) >= 11 is 1.55. The largest absolute Gasteiger partial charge is 0.403 e. The van der Waals surface area contributed by atoms with Gasteiger partial charge in [0.05, 0.1) is 0 Å². The number of benzene rings is 1. The first-order chi connectivity index (χ1) is 10.3. The van der Waals surface area contributed by atoms with Crippen LogP contribution in [-0.2, 0) is 4.79 Å². The van der Waals surface area contributed by atoms with E-state index in [0.717, 1.165) is 10.4 Å². The van der Waals surface area contributed by atoms with Crippen molar-refractivity contribution in [3.8, 4) is 11.5 Å². The Balaban J connectivity index is 1.66. The Labute approximate surface area is 125 Å². The van der Waals surface area contributed by atoms with Gasteiger partial charge in [0.25, 0.3) is 5.91 Å². The molecule has 3 aromatic rings. The second kappa shape index (κ2) is 6.15. The number of hydrogen-bond donors (Lipinski definition) is 1. The quantitative estimate of drug-likeness (QED) is 0.749. The first-order valence-electron chi connectivity index (χ1n) is 6.23. The minimum absolute atomic E-state index is 0.0784. The zero-order valence-electron chi connectivity index (χ0n) is 10.9. The lowest BCUT2D eigenvalue weighted by molar-refractivity contribution is -0.112. The first kappa shape index (κ1) is 13.3. The van der Waals surface area contributed by atoms with E-state index < -0.39 is 0 Å². The Bertz CT molecular complexity index is 748. The van der Waals surface area contributed by atoms with Gasteiger partial charge >= 0.3 is 6.01 Å². The molecule has 2 heterocycles. The number of aromatic nitrogens is 2. The van der Waals surface area contributed by atoms with Crippen molar-refractivity contribution in [3.63, 3.8) is 0 Å². The molecular formula is C15H11N3O2S. The highest BCUT2D eigenvalue weighted by molar-refractivity contribution is 7.10. The van der Waals surface area contributed by atoms with Crippen molar-refractivity contribution in [2.75, 3.05) is 5.32 Å². The predicted molar refractivity (Wildman–Crippen MR) is 81.7 cm³/mol. The summed E-state index contributed by atoms with van der Waals surface area (Å²) < 4.78 is 5.39. The van der Waals surface area contributed by atoms with Gasteiger partial charge in [-0.05, 0) is 29.7 Å². The summed E-state index contributed by atoms with van der Waals surface area (Å²) in [4.78, 5) is 12.7. The van der Waals surface area contributed by atoms with Gasteiger partial charge < -0.3 is 4.42 Å². The number of carbonyl (C=O) groups excluding carboxylic acids is 1. The number of nitrogens with one attached hydrogen (secondary N) is 1. The van der Waals surface area contributed by atoms with E-state index >= 15 is 0 Å². The molecule has 2 aromatic heterocycles. The van der Waals surface area contributed by atoms with Gasteiger partial charge in [-0.3, -0.25) is 10.1 Å². The highest BCUT2D eigenvalue weighted by Gasteiger charge is 2.09. The van der Waals surface area contributed by atoms with Crippen molar-refractivity contribution < 1.29 is 9.21 Å². The average Bonchev–Trinajstić information content (AvgIpc) is 3.17. The molecule has 0 saturated heterocycles. The molecule has 1 N–H and O–H groups in total. The van der Waals surface area contributed by atoms with Crippen LogP contribution in [0.25, 0.3) is 17.5 Å². The van der Waals surface area contributed by atoms with E-state index in [0.29, 0.717) is 5.89 Å². The Morgan fingerprint density at radius 1 is 1.14 bits per heavy atom. The maximum Gasteiger partial charge on any atom is 0.322 e. The Morgan fingerprint density at radius 3 is 2.76 bits per heavy atom. The van der Waals surface area contributed by atoms with Crippen LogP contribution in [-0.4, -0.2) is 16.1 Å². The third-order valence-corrected chi connectivity index (χ3v) is 3.46. The first-order valence-corrected chi connectivity index (χ1v) is 7.11. The molecule has 3 rings (SSSR count). The molecule has 0 radical (unpaired) electrons. The lowest BCUT2D eigenvalue weighted by atomic mass is 10.2. The van der Waals surface area contributed by atoms with Crippen molar-refractivity contribution in [1.29, 1.82) is 0 Å². The topological polar surface area (TPSA) is 68.0 Å². The van der Waals surface area contributed by atoms with Crippen LogP contribution in [0.1, 0.15) is 4.88 Å². The number of thiophene rings is 1. The van der Waals surface area contributed by atoms with E-state index in [2.05, 4.69) is 15.5 Å². The third-order valence-electron chi connectivity index (χ3n) is 2.62. The van der Waals surface area contributed by atoms with Gasteiger partial charge in [-0.1, -0.05) is 29.4 Å². The molecule has 1 amide bonds. The Kier molecular flexibility index (Phi) is 3.88. The molecule has 0 aliphatic carbocycles. The van der Waals surface area contributed by atoms with Crippen LogP contribution in [0, 0.1) is 0 Å². The minimum atomic E-state index is -0.313. The molecule has 6 heteroatoms. The fourth-order valence-corrected chi connectivity index (χ4v) is 2.28. The molecule has 0 atom stereocenters. The lowest BCUT2D eigenvalue weighted by Gasteiger charge is -1.94. The summed E-state index contributed by atoms with van der Waals surface area (Å²) in [5.74, 6) is 0.0554. The van der Waals surface area contributed by atoms with Gasteiger partial charge in [0.15, 0.2) is 0 Å². The molecule has 5 nitrogen and oxygen atoms in total. The Morgan fingerprint density at radius 2 is 2.00 bits per heavy atom. The van der Waals surface area contributed by atoms with Crippen molar-refractivity contribution in [1.82, 2.24) is 10.2 Å². The van der Waals surface area contributed by atoms with Gasteiger partial charge in [-0.15, -0.1) is 16.4 Å². The summed E-state index contributed by atoms with van der Waals surface area (Å²) in [6, 6.07) is 13.3. The molecular weight excluding hydrogens is 286 g/mol. The zero-order chi connectivity index (χ0) is 14.5. The van der Waals surface area contributed by atoms with Crippen molar-refractivity contribution in [3.05, 3.63) is 58.8 Å². The van der Waals surface area contributed by atoms with Crippen LogP contribution in [0.5, 0.6) is 0 Å². The summed E-state index contributed by atoms with van der Waals surface area (Å²) in [6.07, 6.45) is 3.16. The molecule has 21 heavy (non-hydrogen) atoms. The molecule has 1 aromatic carbocycles. The fourth-order valence-electron chi connectivity index (χ4n) is 1.66. The van der Waals surface area contributed by atoms with E-state index in [9.17, 15) is 4.79 Å². The SMILES string of the molecule is O=C(/C=C/c1cccs1)Nc1nnc(-c2ccccc2)o1. The number of amides is 1. The van der Waals surface area contributed by atoms with E-state index in [1.54, 1.807) is 17.4 Å². The number of hydrogen-bond acceptors (Lipinski definition) is 5. The third kappa shape index (κ3) is 3.43. The standard InChI is InChI=1S/C15H11N3O2S/c19-13(9-8-12-7-4-10-21-12)16-15-18-17-14(20-15)11-5-2-1-3-6-11/h1-10H,(H,16,18,19)/b9-8+. The zero-order valence-corrected chi connectivity index (χ0v) is 11.7. The van der Waals surface area contributed by atoms with Gasteiger partial charge in [-0.25, -0.2) is 0 Å². The second-order valence-electron chi connectivity index (χ2n) is 4.12. The average molecular weight is 297 g/mol. The summed E-state index contributed by atoms with van der Waals surface area (Å²) in [5.41, 5.74) is 0.805. The molecule has 0 aliphatic rings. The van der Waals surface area contributed by atoms with Crippen molar-refractivity contribution in [2.24, 2.45) is 0 Å². The van der Waals surface area contributed by atoms with Gasteiger partial charge in [0.2, 0.25) is 5.89 Å². The molecule has 0 fully saturated rings. The van der Waals surface area contributed by atoms with Gasteiger partial charge in [0.1, 0.15) is 0 Å². The van der Waals surface area contributed by atoms with Gasteiger partial charge in [-0.2, -0.15) is 0 Å².